The SMILES string of the molecule is COc1ccc(C2CC(=O)N(c3ccc(Cl)c(Cl)c3)C3=C2C(=O)CC(C)(C)C3)cc1OC. The van der Waals surface area contributed by atoms with Gasteiger partial charge in [-0.25, -0.2) is 0 Å². The minimum Gasteiger partial charge on any atom is -0.493 e. The van der Waals surface area contributed by atoms with Crippen LogP contribution in [0.4, 0.5) is 5.69 Å². The Morgan fingerprint density at radius 2 is 1.66 bits per heavy atom. The fourth-order valence-electron chi connectivity index (χ4n) is 4.69. The number of ketones is 1. The fourth-order valence-corrected chi connectivity index (χ4v) is 4.99. The molecule has 1 aliphatic carbocycles. The summed E-state index contributed by atoms with van der Waals surface area (Å²) in [6.45, 7) is 4.10. The summed E-state index contributed by atoms with van der Waals surface area (Å²) in [7, 11) is 3.14. The number of nitrogens with zero attached hydrogens (tertiary/aromatic N) is 1. The average Bonchev–Trinajstić information content (AvgIpc) is 2.73. The van der Waals surface area contributed by atoms with Crippen molar-refractivity contribution in [1.82, 2.24) is 0 Å². The van der Waals surface area contributed by atoms with E-state index in [1.54, 1.807) is 37.3 Å². The van der Waals surface area contributed by atoms with E-state index in [1.165, 1.54) is 0 Å². The van der Waals surface area contributed by atoms with E-state index in [2.05, 4.69) is 0 Å². The van der Waals surface area contributed by atoms with Crippen molar-refractivity contribution in [3.8, 4) is 11.5 Å². The Morgan fingerprint density at radius 3 is 2.31 bits per heavy atom. The molecule has 32 heavy (non-hydrogen) atoms. The first kappa shape index (κ1) is 22.7. The van der Waals surface area contributed by atoms with Gasteiger partial charge in [0, 0.05) is 30.0 Å². The third-order valence-electron chi connectivity index (χ3n) is 6.11. The first-order chi connectivity index (χ1) is 15.1. The molecule has 1 atom stereocenters. The maximum atomic E-state index is 13.5. The van der Waals surface area contributed by atoms with Crippen LogP contribution in [0, 0.1) is 5.41 Å². The van der Waals surface area contributed by atoms with Gasteiger partial charge in [0.2, 0.25) is 5.91 Å². The lowest BCUT2D eigenvalue weighted by molar-refractivity contribution is -0.121. The molecule has 0 saturated heterocycles. The third-order valence-corrected chi connectivity index (χ3v) is 6.85. The van der Waals surface area contributed by atoms with Crippen molar-refractivity contribution in [2.24, 2.45) is 5.41 Å². The van der Waals surface area contributed by atoms with Crippen LogP contribution in [0.5, 0.6) is 11.5 Å². The average molecular weight is 474 g/mol. The first-order valence-electron chi connectivity index (χ1n) is 10.4. The first-order valence-corrected chi connectivity index (χ1v) is 11.2. The lowest BCUT2D eigenvalue weighted by atomic mass is 9.69. The van der Waals surface area contributed by atoms with E-state index in [4.69, 9.17) is 32.7 Å². The van der Waals surface area contributed by atoms with Crippen molar-refractivity contribution in [2.75, 3.05) is 19.1 Å². The normalized spacial score (nSPS) is 20.3. The molecule has 7 heteroatoms. The molecule has 4 rings (SSSR count). The summed E-state index contributed by atoms with van der Waals surface area (Å²) in [6, 6.07) is 10.7. The van der Waals surface area contributed by atoms with Gasteiger partial charge in [-0.3, -0.25) is 14.5 Å². The van der Waals surface area contributed by atoms with Gasteiger partial charge in [-0.05, 0) is 47.7 Å². The minimum atomic E-state index is -0.347. The number of anilines is 1. The van der Waals surface area contributed by atoms with Crippen LogP contribution in [0.1, 0.15) is 44.6 Å². The highest BCUT2D eigenvalue weighted by Gasteiger charge is 2.44. The number of amides is 1. The summed E-state index contributed by atoms with van der Waals surface area (Å²) < 4.78 is 10.8. The molecule has 1 aliphatic heterocycles. The monoisotopic (exact) mass is 473 g/mol. The van der Waals surface area contributed by atoms with E-state index < -0.39 is 0 Å². The molecular weight excluding hydrogens is 449 g/mol. The van der Waals surface area contributed by atoms with Gasteiger partial charge >= 0.3 is 0 Å². The van der Waals surface area contributed by atoms with Crippen LogP contribution < -0.4 is 14.4 Å². The summed E-state index contributed by atoms with van der Waals surface area (Å²) in [5, 5.41) is 0.778. The molecule has 0 fully saturated rings. The third kappa shape index (κ3) is 4.00. The predicted octanol–water partition coefficient (Wildman–Crippen LogP) is 6.17. The number of carbonyl (C=O) groups excluding carboxylic acids is 2. The second-order valence-electron chi connectivity index (χ2n) is 9.00. The van der Waals surface area contributed by atoms with Gasteiger partial charge in [-0.2, -0.15) is 0 Å². The molecule has 168 valence electrons. The molecule has 0 N–H and O–H groups in total. The van der Waals surface area contributed by atoms with Crippen molar-refractivity contribution in [2.45, 2.75) is 39.0 Å². The zero-order valence-electron chi connectivity index (χ0n) is 18.5. The highest BCUT2D eigenvalue weighted by molar-refractivity contribution is 6.42. The van der Waals surface area contributed by atoms with E-state index in [-0.39, 0.29) is 29.4 Å². The van der Waals surface area contributed by atoms with Crippen LogP contribution in [0.25, 0.3) is 0 Å². The molecule has 1 heterocycles. The summed E-state index contributed by atoms with van der Waals surface area (Å²) in [6.07, 6.45) is 1.20. The maximum absolute atomic E-state index is 13.5. The molecule has 2 aromatic rings. The highest BCUT2D eigenvalue weighted by atomic mass is 35.5. The Labute approximate surface area is 197 Å². The van der Waals surface area contributed by atoms with Gasteiger partial charge in [-0.15, -0.1) is 0 Å². The van der Waals surface area contributed by atoms with E-state index in [0.717, 1.165) is 11.3 Å². The van der Waals surface area contributed by atoms with Gasteiger partial charge in [0.15, 0.2) is 17.3 Å². The molecule has 0 bridgehead atoms. The second-order valence-corrected chi connectivity index (χ2v) is 9.81. The molecule has 1 amide bonds. The Hall–Kier alpha value is -2.50. The number of allylic oxidation sites excluding steroid dienone is 2. The van der Waals surface area contributed by atoms with Crippen LogP contribution in [0.2, 0.25) is 10.0 Å². The van der Waals surface area contributed by atoms with Crippen molar-refractivity contribution in [3.05, 3.63) is 63.3 Å². The highest BCUT2D eigenvalue weighted by Crippen LogP contribution is 2.49. The van der Waals surface area contributed by atoms with Gasteiger partial charge in [0.1, 0.15) is 0 Å². The van der Waals surface area contributed by atoms with E-state index in [9.17, 15) is 9.59 Å². The molecule has 1 unspecified atom stereocenters. The summed E-state index contributed by atoms with van der Waals surface area (Å²) >= 11 is 12.3. The molecule has 2 aliphatic rings. The lowest BCUT2D eigenvalue weighted by Gasteiger charge is -2.43. The number of rotatable bonds is 4. The molecule has 5 nitrogen and oxygen atoms in total. The zero-order chi connectivity index (χ0) is 23.2. The van der Waals surface area contributed by atoms with E-state index in [0.29, 0.717) is 45.6 Å². The second kappa shape index (κ2) is 8.45. The van der Waals surface area contributed by atoms with E-state index >= 15 is 0 Å². The maximum Gasteiger partial charge on any atom is 0.232 e. The Balaban J connectivity index is 1.89. The number of ether oxygens (including phenoxy) is 2. The quantitative estimate of drug-likeness (QED) is 0.532. The van der Waals surface area contributed by atoms with Gasteiger partial charge in [0.25, 0.3) is 0 Å². The Kier molecular flexibility index (Phi) is 5.99. The number of carbonyl (C=O) groups is 2. The van der Waals surface area contributed by atoms with Gasteiger partial charge in [-0.1, -0.05) is 43.1 Å². The summed E-state index contributed by atoms with van der Waals surface area (Å²) in [5.41, 5.74) is 2.63. The van der Waals surface area contributed by atoms with Crippen molar-refractivity contribution < 1.29 is 19.1 Å². The van der Waals surface area contributed by atoms with Crippen LogP contribution in [0.3, 0.4) is 0 Å². The number of Topliss-reactive ketones (excluding diaryl/α,β-unsaturated/α-hetero) is 1. The fraction of sp³-hybridized carbons (Fsp3) is 0.360. The van der Waals surface area contributed by atoms with Gasteiger partial charge in [0.05, 0.1) is 30.0 Å². The number of methoxy groups -OCH3 is 2. The molecule has 0 aromatic heterocycles. The number of benzene rings is 2. The van der Waals surface area contributed by atoms with Crippen LogP contribution in [-0.2, 0) is 9.59 Å². The number of hydrogen-bond donors (Lipinski definition) is 0. The molecule has 0 saturated carbocycles. The summed E-state index contributed by atoms with van der Waals surface area (Å²) in [5.74, 6) is 0.789. The Bertz CT molecular complexity index is 1140. The van der Waals surface area contributed by atoms with Crippen molar-refractivity contribution in [3.63, 3.8) is 0 Å². The van der Waals surface area contributed by atoms with Crippen molar-refractivity contribution >= 4 is 40.6 Å². The molecule has 0 spiro atoms. The van der Waals surface area contributed by atoms with Crippen molar-refractivity contribution in [1.29, 1.82) is 0 Å². The topological polar surface area (TPSA) is 55.8 Å². The number of hydrogen-bond acceptors (Lipinski definition) is 4. The molecule has 2 aromatic carbocycles. The summed E-state index contributed by atoms with van der Waals surface area (Å²) in [4.78, 5) is 28.5. The number of halogens is 2. The van der Waals surface area contributed by atoms with Crippen LogP contribution >= 0.6 is 23.2 Å². The standard InChI is InChI=1S/C25H25Cl2NO4/c1-25(2)12-19-24(20(29)13-25)16(14-5-8-21(31-3)22(9-14)32-4)11-23(30)28(19)15-6-7-17(26)18(27)10-15/h5-10,16H,11-13H2,1-4H3. The molecular formula is C25H25Cl2NO4. The van der Waals surface area contributed by atoms with Crippen LogP contribution in [0.15, 0.2) is 47.7 Å². The van der Waals surface area contributed by atoms with E-state index in [1.807, 2.05) is 32.0 Å². The zero-order valence-corrected chi connectivity index (χ0v) is 20.0. The molecule has 0 radical (unpaired) electrons. The smallest absolute Gasteiger partial charge is 0.232 e. The Morgan fingerprint density at radius 1 is 0.938 bits per heavy atom. The predicted molar refractivity (Wildman–Crippen MR) is 126 cm³/mol. The minimum absolute atomic E-state index is 0.0635. The lowest BCUT2D eigenvalue weighted by Crippen LogP contribution is -2.43. The van der Waals surface area contributed by atoms with Crippen LogP contribution in [-0.4, -0.2) is 25.9 Å². The van der Waals surface area contributed by atoms with Gasteiger partial charge < -0.3 is 9.47 Å². The largest absolute Gasteiger partial charge is 0.493 e.